The Labute approximate surface area is 257 Å². The molecule has 1 aromatic rings. The van der Waals surface area contributed by atoms with Crippen LogP contribution in [0.15, 0.2) is 35.2 Å². The molecule has 1 aliphatic rings. The number of benzene rings is 1. The van der Waals surface area contributed by atoms with E-state index in [-0.39, 0.29) is 6.42 Å². The van der Waals surface area contributed by atoms with Gasteiger partial charge in [-0.25, -0.2) is 4.79 Å². The monoisotopic (exact) mass is 641 g/mol. The average Bonchev–Trinajstić information content (AvgIpc) is 2.93. The van der Waals surface area contributed by atoms with Crippen LogP contribution in [0.4, 0.5) is 0 Å². The van der Waals surface area contributed by atoms with Crippen molar-refractivity contribution in [2.75, 3.05) is 20.3 Å². The summed E-state index contributed by atoms with van der Waals surface area (Å²) in [6.07, 6.45) is -6.58. The molecule has 15 nitrogen and oxygen atoms in total. The standard InChI is InChI=1S/C28H35NO14S/c1-15(30)38-13-22(41-18(4)33)25(42-19(5)34)26-24(29-23(35)14-39-16(2)31)21(40-17(3)32)12-28(43-26,27(36)37-6)44-20-10-8-7-9-11-20/h7-11,21-22,24-26H,12-14H2,1-6H3,(H,29,35)/t21-,22-,24-,25-,26?,28?/m1/s1. The van der Waals surface area contributed by atoms with E-state index < -0.39 is 90.3 Å². The maximum Gasteiger partial charge on any atom is 0.349 e. The highest BCUT2D eigenvalue weighted by Crippen LogP contribution is 2.45. The summed E-state index contributed by atoms with van der Waals surface area (Å²) >= 11 is 0.891. The Kier molecular flexibility index (Phi) is 13.6. The fraction of sp³-hybridized carbons (Fsp3) is 0.536. The first-order valence-corrected chi connectivity index (χ1v) is 14.1. The summed E-state index contributed by atoms with van der Waals surface area (Å²) < 4.78 is 37.7. The smallest absolute Gasteiger partial charge is 0.349 e. The van der Waals surface area contributed by atoms with E-state index in [2.05, 4.69) is 5.32 Å². The number of ether oxygens (including phenoxy) is 7. The molecule has 1 heterocycles. The lowest BCUT2D eigenvalue weighted by Gasteiger charge is -2.48. The van der Waals surface area contributed by atoms with Crippen molar-refractivity contribution in [3.05, 3.63) is 30.3 Å². The molecule has 1 fully saturated rings. The number of esters is 6. The van der Waals surface area contributed by atoms with Crippen LogP contribution in [0.25, 0.3) is 0 Å². The van der Waals surface area contributed by atoms with Gasteiger partial charge in [-0.15, -0.1) is 0 Å². The Balaban J connectivity index is 2.78. The largest absolute Gasteiger partial charge is 0.466 e. The van der Waals surface area contributed by atoms with Gasteiger partial charge >= 0.3 is 35.8 Å². The number of carbonyl (C=O) groups is 7. The molecule has 0 aliphatic carbocycles. The first-order valence-electron chi connectivity index (χ1n) is 13.3. The van der Waals surface area contributed by atoms with E-state index in [1.54, 1.807) is 30.3 Å². The van der Waals surface area contributed by atoms with Gasteiger partial charge in [0.2, 0.25) is 4.93 Å². The van der Waals surface area contributed by atoms with Gasteiger partial charge < -0.3 is 38.5 Å². The molecule has 1 N–H and O–H groups in total. The van der Waals surface area contributed by atoms with E-state index in [9.17, 15) is 33.6 Å². The van der Waals surface area contributed by atoms with Crippen LogP contribution in [0.2, 0.25) is 0 Å². The number of methoxy groups -OCH3 is 1. The quantitative estimate of drug-likeness (QED) is 0.235. The molecule has 0 spiro atoms. The lowest BCUT2D eigenvalue weighted by atomic mass is 9.89. The second kappa shape index (κ2) is 16.6. The van der Waals surface area contributed by atoms with Crippen LogP contribution < -0.4 is 5.32 Å². The average molecular weight is 642 g/mol. The van der Waals surface area contributed by atoms with Crippen molar-refractivity contribution < 1.29 is 66.7 Å². The Bertz CT molecular complexity index is 1220. The molecule has 2 unspecified atom stereocenters. The molecular formula is C28H35NO14S. The van der Waals surface area contributed by atoms with Crippen molar-refractivity contribution in [2.45, 2.75) is 81.3 Å². The van der Waals surface area contributed by atoms with E-state index in [1.165, 1.54) is 0 Å². The summed E-state index contributed by atoms with van der Waals surface area (Å²) in [5.41, 5.74) is 0. The number of amides is 1. The van der Waals surface area contributed by atoms with Gasteiger partial charge in [-0.3, -0.25) is 28.8 Å². The number of rotatable bonds is 13. The van der Waals surface area contributed by atoms with Gasteiger partial charge in [-0.1, -0.05) is 30.0 Å². The zero-order valence-corrected chi connectivity index (χ0v) is 25.8. The van der Waals surface area contributed by atoms with E-state index >= 15 is 0 Å². The van der Waals surface area contributed by atoms with E-state index in [1.807, 2.05) is 0 Å². The van der Waals surface area contributed by atoms with Crippen LogP contribution >= 0.6 is 11.8 Å². The van der Waals surface area contributed by atoms with Crippen LogP contribution in [0.5, 0.6) is 0 Å². The summed E-state index contributed by atoms with van der Waals surface area (Å²) in [5, 5.41) is 2.55. The molecule has 0 radical (unpaired) electrons. The Morgan fingerprint density at radius 2 is 1.50 bits per heavy atom. The van der Waals surface area contributed by atoms with Crippen molar-refractivity contribution in [2.24, 2.45) is 0 Å². The molecule has 1 aliphatic heterocycles. The third-order valence-electron chi connectivity index (χ3n) is 5.89. The van der Waals surface area contributed by atoms with Crippen LogP contribution in [0.3, 0.4) is 0 Å². The third kappa shape index (κ3) is 10.8. The first kappa shape index (κ1) is 36.0. The minimum atomic E-state index is -1.99. The van der Waals surface area contributed by atoms with Crippen molar-refractivity contribution in [1.82, 2.24) is 5.32 Å². The molecule has 242 valence electrons. The number of thioether (sulfide) groups is 1. The second-order valence-corrected chi connectivity index (χ2v) is 10.8. The molecule has 6 atom stereocenters. The number of nitrogens with one attached hydrogen (secondary N) is 1. The summed E-state index contributed by atoms with van der Waals surface area (Å²) in [4.78, 5) is 84.7. The topological polar surface area (TPSA) is 196 Å². The predicted octanol–water partition coefficient (Wildman–Crippen LogP) is 0.843. The van der Waals surface area contributed by atoms with Crippen LogP contribution in [0, 0.1) is 0 Å². The Morgan fingerprint density at radius 1 is 0.886 bits per heavy atom. The molecular weight excluding hydrogens is 606 g/mol. The second-order valence-electron chi connectivity index (χ2n) is 9.49. The molecule has 2 rings (SSSR count). The van der Waals surface area contributed by atoms with E-state index in [0.717, 1.165) is 53.5 Å². The van der Waals surface area contributed by atoms with E-state index in [4.69, 9.17) is 33.2 Å². The highest BCUT2D eigenvalue weighted by molar-refractivity contribution is 8.01. The maximum atomic E-state index is 13.5. The van der Waals surface area contributed by atoms with Crippen molar-refractivity contribution in [3.63, 3.8) is 0 Å². The zero-order chi connectivity index (χ0) is 33.0. The predicted molar refractivity (Wildman–Crippen MR) is 148 cm³/mol. The van der Waals surface area contributed by atoms with Gasteiger partial charge in [-0.05, 0) is 12.1 Å². The lowest BCUT2D eigenvalue weighted by molar-refractivity contribution is -0.224. The van der Waals surface area contributed by atoms with Gasteiger partial charge in [0.05, 0.1) is 13.2 Å². The first-order chi connectivity index (χ1) is 20.7. The summed E-state index contributed by atoms with van der Waals surface area (Å²) in [6, 6.07) is 7.08. The van der Waals surface area contributed by atoms with E-state index in [0.29, 0.717) is 4.90 Å². The highest BCUT2D eigenvalue weighted by atomic mass is 32.2. The highest BCUT2D eigenvalue weighted by Gasteiger charge is 2.59. The molecule has 1 saturated heterocycles. The fourth-order valence-electron chi connectivity index (χ4n) is 4.34. The molecule has 0 bridgehead atoms. The lowest BCUT2D eigenvalue weighted by Crippen LogP contribution is -2.68. The molecule has 0 aromatic heterocycles. The van der Waals surface area contributed by atoms with Crippen LogP contribution in [-0.4, -0.2) is 97.4 Å². The molecule has 1 amide bonds. The SMILES string of the molecule is COC(=O)C1(Sc2ccccc2)C[C@@H](OC(C)=O)[C@@H](NC(=O)COC(C)=O)C([C@H](OC(C)=O)[C@@H](COC(C)=O)OC(C)=O)O1. The van der Waals surface area contributed by atoms with Gasteiger partial charge in [-0.2, -0.15) is 0 Å². The van der Waals surface area contributed by atoms with Crippen molar-refractivity contribution in [1.29, 1.82) is 0 Å². The van der Waals surface area contributed by atoms with Gasteiger partial charge in [0.15, 0.2) is 18.8 Å². The van der Waals surface area contributed by atoms with Crippen LogP contribution in [-0.2, 0) is 66.7 Å². The van der Waals surface area contributed by atoms with Crippen molar-refractivity contribution >= 4 is 53.5 Å². The molecule has 1 aromatic carbocycles. The van der Waals surface area contributed by atoms with Gasteiger partial charge in [0.1, 0.15) is 18.8 Å². The van der Waals surface area contributed by atoms with Gasteiger partial charge in [0.25, 0.3) is 5.91 Å². The minimum absolute atomic E-state index is 0.386. The number of carbonyl (C=O) groups excluding carboxylic acids is 7. The van der Waals surface area contributed by atoms with Crippen molar-refractivity contribution in [3.8, 4) is 0 Å². The minimum Gasteiger partial charge on any atom is -0.466 e. The van der Waals surface area contributed by atoms with Gasteiger partial charge in [0, 0.05) is 45.9 Å². The Morgan fingerprint density at radius 3 is 2.02 bits per heavy atom. The molecule has 0 saturated carbocycles. The Hall–Kier alpha value is -4.18. The summed E-state index contributed by atoms with van der Waals surface area (Å²) in [6.45, 7) is 3.99. The zero-order valence-electron chi connectivity index (χ0n) is 25.0. The third-order valence-corrected chi connectivity index (χ3v) is 7.15. The number of hydrogen-bond acceptors (Lipinski definition) is 15. The summed E-state index contributed by atoms with van der Waals surface area (Å²) in [5.74, 6) is -5.89. The maximum absolute atomic E-state index is 13.5. The molecule has 16 heteroatoms. The molecule has 44 heavy (non-hydrogen) atoms. The summed E-state index contributed by atoms with van der Waals surface area (Å²) in [7, 11) is 1.10. The van der Waals surface area contributed by atoms with Crippen LogP contribution in [0.1, 0.15) is 41.0 Å². The number of hydrogen-bond donors (Lipinski definition) is 1. The normalized spacial score (nSPS) is 22.3. The fourth-order valence-corrected chi connectivity index (χ4v) is 5.59.